The summed E-state index contributed by atoms with van der Waals surface area (Å²) in [6, 6.07) is 6.27. The Morgan fingerprint density at radius 1 is 1.25 bits per heavy atom. The third kappa shape index (κ3) is 4.34. The number of likely N-dealkylation sites (tertiary alicyclic amines) is 1. The lowest BCUT2D eigenvalue weighted by molar-refractivity contribution is -0.140. The molecule has 9 nitrogen and oxygen atoms in total. The largest absolute Gasteiger partial charge is 0.394 e. The normalized spacial score (nSPS) is 23.1. The lowest BCUT2D eigenvalue weighted by Crippen LogP contribution is -2.52. The molecule has 1 aliphatic heterocycles. The number of aromatic nitrogens is 2. The van der Waals surface area contributed by atoms with Gasteiger partial charge in [0.2, 0.25) is 11.8 Å². The first-order chi connectivity index (χ1) is 15.1. The van der Waals surface area contributed by atoms with Gasteiger partial charge >= 0.3 is 0 Å². The number of amides is 3. The molecule has 0 unspecified atom stereocenters. The molecule has 0 spiro atoms. The molecule has 2 fully saturated rings. The molecule has 0 bridgehead atoms. The fourth-order valence-electron chi connectivity index (χ4n) is 4.89. The van der Waals surface area contributed by atoms with Crippen molar-refractivity contribution in [3.05, 3.63) is 30.0 Å². The highest BCUT2D eigenvalue weighted by Gasteiger charge is 2.56. The van der Waals surface area contributed by atoms with Crippen LogP contribution in [0.25, 0.3) is 10.9 Å². The van der Waals surface area contributed by atoms with Crippen LogP contribution < -0.4 is 11.1 Å². The number of para-hydroxylation sites is 1. The minimum atomic E-state index is -0.651. The fourth-order valence-corrected chi connectivity index (χ4v) is 4.89. The van der Waals surface area contributed by atoms with Crippen LogP contribution in [0, 0.1) is 11.3 Å². The Kier molecular flexibility index (Phi) is 5.70. The highest BCUT2D eigenvalue weighted by molar-refractivity contribution is 6.04. The van der Waals surface area contributed by atoms with Crippen LogP contribution in [0.3, 0.4) is 0 Å². The maximum Gasteiger partial charge on any atom is 0.269 e. The summed E-state index contributed by atoms with van der Waals surface area (Å²) >= 11 is 0. The number of primary amides is 1. The van der Waals surface area contributed by atoms with E-state index in [1.807, 2.05) is 6.07 Å². The van der Waals surface area contributed by atoms with E-state index in [4.69, 9.17) is 5.73 Å². The van der Waals surface area contributed by atoms with Crippen LogP contribution in [0.5, 0.6) is 0 Å². The molecular formula is C23H31N5O4. The van der Waals surface area contributed by atoms with Crippen LogP contribution in [0.1, 0.15) is 50.5 Å². The number of fused-ring (bicyclic) bond motifs is 2. The molecule has 4 atom stereocenters. The number of carbonyl (C=O) groups excluding carboxylic acids is 3. The molecule has 172 valence electrons. The van der Waals surface area contributed by atoms with E-state index in [9.17, 15) is 19.5 Å². The van der Waals surface area contributed by atoms with Gasteiger partial charge in [0.1, 0.15) is 12.6 Å². The van der Waals surface area contributed by atoms with Gasteiger partial charge in [-0.3, -0.25) is 19.1 Å². The van der Waals surface area contributed by atoms with Gasteiger partial charge in [-0.05, 0) is 36.7 Å². The molecule has 32 heavy (non-hydrogen) atoms. The monoisotopic (exact) mass is 441 g/mol. The van der Waals surface area contributed by atoms with E-state index in [1.165, 1.54) is 4.68 Å². The minimum absolute atomic E-state index is 0.0483. The number of nitrogens with two attached hydrogens (primary N) is 1. The molecule has 0 radical (unpaired) electrons. The minimum Gasteiger partial charge on any atom is -0.394 e. The number of piperidine rings is 1. The van der Waals surface area contributed by atoms with Gasteiger partial charge in [0.05, 0.1) is 18.2 Å². The smallest absolute Gasteiger partial charge is 0.269 e. The first kappa shape index (κ1) is 22.3. The lowest BCUT2D eigenvalue weighted by Gasteiger charge is -2.30. The van der Waals surface area contributed by atoms with Crippen LogP contribution in [-0.4, -0.2) is 62.2 Å². The first-order valence-corrected chi connectivity index (χ1v) is 11.1. The quantitative estimate of drug-likeness (QED) is 0.591. The number of nitrogens with zero attached hydrogens (tertiary/aromatic N) is 3. The Bertz CT molecular complexity index is 1060. The number of rotatable bonds is 7. The van der Waals surface area contributed by atoms with Crippen molar-refractivity contribution >= 4 is 28.6 Å². The van der Waals surface area contributed by atoms with Crippen molar-refractivity contribution in [3.63, 3.8) is 0 Å². The summed E-state index contributed by atoms with van der Waals surface area (Å²) in [5.74, 6) is -0.754. The van der Waals surface area contributed by atoms with Crippen molar-refractivity contribution in [2.75, 3.05) is 6.61 Å². The molecule has 1 aromatic heterocycles. The topological polar surface area (TPSA) is 131 Å². The molecule has 1 aliphatic carbocycles. The summed E-state index contributed by atoms with van der Waals surface area (Å²) in [4.78, 5) is 39.8. The van der Waals surface area contributed by atoms with Gasteiger partial charge in [-0.2, -0.15) is 5.10 Å². The summed E-state index contributed by atoms with van der Waals surface area (Å²) in [6.07, 6.45) is 2.16. The maximum absolute atomic E-state index is 13.3. The zero-order chi connectivity index (χ0) is 23.2. The number of aliphatic hydroxyl groups is 1. The number of hydrogen-bond donors (Lipinski definition) is 3. The predicted octanol–water partition coefficient (Wildman–Crippen LogP) is 1.04. The highest BCUT2D eigenvalue weighted by atomic mass is 16.3. The van der Waals surface area contributed by atoms with Crippen LogP contribution >= 0.6 is 0 Å². The van der Waals surface area contributed by atoms with Gasteiger partial charge < -0.3 is 21.1 Å². The SMILES string of the molecule is CC(C)(C)C[C@@H](CO)NC(=O)[C@@H]1C[C@H]2C[C@H]2N1C(=O)Cn1nc(C(N)=O)c2ccccc21. The van der Waals surface area contributed by atoms with E-state index < -0.39 is 11.9 Å². The average molecular weight is 442 g/mol. The molecule has 2 heterocycles. The third-order valence-corrected chi connectivity index (χ3v) is 6.30. The van der Waals surface area contributed by atoms with Crippen molar-refractivity contribution in [3.8, 4) is 0 Å². The fraction of sp³-hybridized carbons (Fsp3) is 0.565. The Labute approximate surface area is 186 Å². The molecular weight excluding hydrogens is 410 g/mol. The maximum atomic E-state index is 13.3. The summed E-state index contributed by atoms with van der Waals surface area (Å²) in [5.41, 5.74) is 6.18. The molecule has 1 saturated heterocycles. The molecule has 4 rings (SSSR count). The standard InChI is InChI=1S/C23H31N5O4/c1-23(2,3)10-14(12-29)25-22(32)18-9-13-8-17(13)28(18)19(30)11-27-16-7-5-4-6-15(16)20(26-27)21(24)31/h4-7,13-14,17-18,29H,8-12H2,1-3H3,(H2,24,31)(H,25,32)/t13-,14+,17-,18+/m1/s1. The summed E-state index contributed by atoms with van der Waals surface area (Å²) in [5, 5.41) is 17.5. The molecule has 2 aliphatic rings. The van der Waals surface area contributed by atoms with E-state index in [2.05, 4.69) is 31.2 Å². The number of benzene rings is 1. The van der Waals surface area contributed by atoms with Gasteiger partial charge in [-0.1, -0.05) is 39.0 Å². The second kappa shape index (κ2) is 8.20. The van der Waals surface area contributed by atoms with Gasteiger partial charge in [-0.25, -0.2) is 0 Å². The zero-order valence-corrected chi connectivity index (χ0v) is 18.7. The van der Waals surface area contributed by atoms with Crippen molar-refractivity contribution in [1.29, 1.82) is 0 Å². The van der Waals surface area contributed by atoms with Crippen molar-refractivity contribution in [2.45, 2.75) is 64.7 Å². The molecule has 4 N–H and O–H groups in total. The van der Waals surface area contributed by atoms with Gasteiger partial charge in [0.15, 0.2) is 5.69 Å². The molecule has 2 aromatic rings. The highest BCUT2D eigenvalue weighted by Crippen LogP contribution is 2.48. The number of hydrogen-bond acceptors (Lipinski definition) is 5. The van der Waals surface area contributed by atoms with Gasteiger partial charge in [-0.15, -0.1) is 0 Å². The Morgan fingerprint density at radius 3 is 2.62 bits per heavy atom. The van der Waals surface area contributed by atoms with E-state index in [0.29, 0.717) is 29.7 Å². The summed E-state index contributed by atoms with van der Waals surface area (Å²) in [6.45, 7) is 5.93. The second-order valence-corrected chi connectivity index (χ2v) is 10.2. The van der Waals surface area contributed by atoms with Crippen molar-refractivity contribution in [2.24, 2.45) is 17.1 Å². The molecule has 1 saturated carbocycles. The average Bonchev–Trinajstić information content (AvgIpc) is 3.22. The van der Waals surface area contributed by atoms with Crippen LogP contribution in [0.15, 0.2) is 24.3 Å². The Balaban J connectivity index is 1.51. The third-order valence-electron chi connectivity index (χ3n) is 6.30. The second-order valence-electron chi connectivity index (χ2n) is 10.2. The zero-order valence-electron chi connectivity index (χ0n) is 18.7. The first-order valence-electron chi connectivity index (χ1n) is 11.1. The summed E-state index contributed by atoms with van der Waals surface area (Å²) < 4.78 is 1.48. The van der Waals surface area contributed by atoms with Gasteiger partial charge in [0.25, 0.3) is 5.91 Å². The number of nitrogens with one attached hydrogen (secondary N) is 1. The summed E-state index contributed by atoms with van der Waals surface area (Å²) in [7, 11) is 0. The Hall–Kier alpha value is -2.94. The van der Waals surface area contributed by atoms with Gasteiger partial charge in [0, 0.05) is 11.4 Å². The van der Waals surface area contributed by atoms with Crippen LogP contribution in [0.2, 0.25) is 0 Å². The predicted molar refractivity (Wildman–Crippen MR) is 118 cm³/mol. The van der Waals surface area contributed by atoms with E-state index in [1.54, 1.807) is 23.1 Å². The lowest BCUT2D eigenvalue weighted by atomic mass is 9.88. The van der Waals surface area contributed by atoms with E-state index in [0.717, 1.165) is 6.42 Å². The molecule has 9 heteroatoms. The number of carbonyl (C=O) groups is 3. The van der Waals surface area contributed by atoms with Crippen LogP contribution in [-0.2, 0) is 16.1 Å². The molecule has 1 aromatic carbocycles. The van der Waals surface area contributed by atoms with E-state index >= 15 is 0 Å². The van der Waals surface area contributed by atoms with Crippen molar-refractivity contribution < 1.29 is 19.5 Å². The van der Waals surface area contributed by atoms with Crippen molar-refractivity contribution in [1.82, 2.24) is 20.0 Å². The van der Waals surface area contributed by atoms with E-state index in [-0.39, 0.29) is 48.2 Å². The number of aliphatic hydroxyl groups excluding tert-OH is 1. The Morgan fingerprint density at radius 2 is 1.97 bits per heavy atom. The molecule has 3 amide bonds. The van der Waals surface area contributed by atoms with Crippen LogP contribution in [0.4, 0.5) is 0 Å².